The fourth-order valence-electron chi connectivity index (χ4n) is 4.11. The Labute approximate surface area is 183 Å². The highest BCUT2D eigenvalue weighted by molar-refractivity contribution is 7.22. The van der Waals surface area contributed by atoms with Gasteiger partial charge in [0.15, 0.2) is 5.13 Å². The van der Waals surface area contributed by atoms with E-state index in [4.69, 9.17) is 4.98 Å². The van der Waals surface area contributed by atoms with Gasteiger partial charge in [0, 0.05) is 26.2 Å². The van der Waals surface area contributed by atoms with Crippen LogP contribution in [0, 0.1) is 13.8 Å². The maximum absolute atomic E-state index is 12.8. The van der Waals surface area contributed by atoms with Crippen molar-refractivity contribution in [1.82, 2.24) is 14.8 Å². The van der Waals surface area contributed by atoms with Crippen LogP contribution in [0.25, 0.3) is 10.2 Å². The highest BCUT2D eigenvalue weighted by Gasteiger charge is 2.37. The van der Waals surface area contributed by atoms with Crippen molar-refractivity contribution in [1.29, 1.82) is 0 Å². The maximum Gasteiger partial charge on any atom is 0.262 e. The van der Waals surface area contributed by atoms with Crippen molar-refractivity contribution < 1.29 is 14.4 Å². The summed E-state index contributed by atoms with van der Waals surface area (Å²) in [5, 5.41) is 0.969. The molecule has 2 aliphatic heterocycles. The van der Waals surface area contributed by atoms with E-state index < -0.39 is 11.8 Å². The minimum Gasteiger partial charge on any atom is -0.345 e. The number of amides is 3. The Morgan fingerprint density at radius 3 is 2.26 bits per heavy atom. The first-order valence-corrected chi connectivity index (χ1v) is 11.1. The predicted octanol–water partition coefficient (Wildman–Crippen LogP) is 2.86. The van der Waals surface area contributed by atoms with E-state index in [0.29, 0.717) is 37.3 Å². The van der Waals surface area contributed by atoms with E-state index in [2.05, 4.69) is 30.9 Å². The Hall–Kier alpha value is -3.26. The van der Waals surface area contributed by atoms with Gasteiger partial charge < -0.3 is 9.80 Å². The number of hydrogen-bond acceptors (Lipinski definition) is 6. The predicted molar refractivity (Wildman–Crippen MR) is 120 cm³/mol. The molecule has 31 heavy (non-hydrogen) atoms. The smallest absolute Gasteiger partial charge is 0.262 e. The number of nitrogens with zero attached hydrogens (tertiary/aromatic N) is 4. The zero-order valence-corrected chi connectivity index (χ0v) is 18.2. The van der Waals surface area contributed by atoms with Gasteiger partial charge in [-0.3, -0.25) is 19.3 Å². The van der Waals surface area contributed by atoms with Gasteiger partial charge in [-0.25, -0.2) is 4.98 Å². The molecule has 0 aliphatic carbocycles. The lowest BCUT2D eigenvalue weighted by atomic mass is 10.1. The van der Waals surface area contributed by atoms with Gasteiger partial charge in [0.2, 0.25) is 5.91 Å². The van der Waals surface area contributed by atoms with E-state index in [1.165, 1.54) is 15.8 Å². The summed E-state index contributed by atoms with van der Waals surface area (Å²) in [4.78, 5) is 47.7. The van der Waals surface area contributed by atoms with Gasteiger partial charge >= 0.3 is 0 Å². The summed E-state index contributed by atoms with van der Waals surface area (Å²) in [7, 11) is 0. The van der Waals surface area contributed by atoms with Crippen molar-refractivity contribution in [3.05, 3.63) is 58.7 Å². The molecular weight excluding hydrogens is 412 g/mol. The molecular formula is C23H22N4O3S. The van der Waals surface area contributed by atoms with Crippen molar-refractivity contribution in [2.24, 2.45) is 0 Å². The Kier molecular flexibility index (Phi) is 4.74. The first kappa shape index (κ1) is 19.7. The van der Waals surface area contributed by atoms with E-state index >= 15 is 0 Å². The third-order valence-electron chi connectivity index (χ3n) is 6.15. The van der Waals surface area contributed by atoms with Crippen molar-refractivity contribution in [2.75, 3.05) is 37.6 Å². The van der Waals surface area contributed by atoms with Crippen LogP contribution in [0.3, 0.4) is 0 Å². The van der Waals surface area contributed by atoms with Crippen LogP contribution in [-0.2, 0) is 4.79 Å². The number of aryl methyl sites for hydroxylation is 2. The molecule has 5 rings (SSSR count). The molecule has 3 aromatic rings. The molecule has 1 fully saturated rings. The Morgan fingerprint density at radius 2 is 1.61 bits per heavy atom. The minimum atomic E-state index is -0.396. The lowest BCUT2D eigenvalue weighted by Crippen LogP contribution is -2.51. The summed E-state index contributed by atoms with van der Waals surface area (Å²) in [6.07, 6.45) is 0. The quantitative estimate of drug-likeness (QED) is 0.593. The molecule has 0 saturated carbocycles. The number of anilines is 1. The fraction of sp³-hybridized carbons (Fsp3) is 0.304. The molecule has 3 heterocycles. The van der Waals surface area contributed by atoms with Crippen LogP contribution in [-0.4, -0.2) is 65.2 Å². The van der Waals surface area contributed by atoms with Gasteiger partial charge in [-0.2, -0.15) is 0 Å². The first-order valence-electron chi connectivity index (χ1n) is 10.3. The average molecular weight is 435 g/mol. The molecule has 7 nitrogen and oxygen atoms in total. The average Bonchev–Trinajstić information content (AvgIpc) is 3.33. The molecule has 0 unspecified atom stereocenters. The molecule has 3 amide bonds. The topological polar surface area (TPSA) is 73.8 Å². The van der Waals surface area contributed by atoms with Crippen LogP contribution in [0.15, 0.2) is 36.4 Å². The summed E-state index contributed by atoms with van der Waals surface area (Å²) in [5.74, 6) is -0.995. The number of carbonyl (C=O) groups is 3. The highest BCUT2D eigenvalue weighted by Crippen LogP contribution is 2.32. The third-order valence-corrected chi connectivity index (χ3v) is 7.23. The summed E-state index contributed by atoms with van der Waals surface area (Å²) in [6.45, 7) is 6.39. The second-order valence-electron chi connectivity index (χ2n) is 7.96. The molecule has 0 N–H and O–H groups in total. The SMILES string of the molecule is Cc1ccc2sc(N3CCN(C(=O)CN4C(=O)c5ccccc5C4=O)CC3)nc2c1C. The summed E-state index contributed by atoms with van der Waals surface area (Å²) in [5.41, 5.74) is 4.21. The van der Waals surface area contributed by atoms with Gasteiger partial charge in [0.1, 0.15) is 6.54 Å². The molecule has 2 aromatic carbocycles. The summed E-state index contributed by atoms with van der Waals surface area (Å²) < 4.78 is 1.17. The van der Waals surface area contributed by atoms with Crippen LogP contribution in [0.2, 0.25) is 0 Å². The lowest BCUT2D eigenvalue weighted by Gasteiger charge is -2.35. The molecule has 1 aromatic heterocycles. The zero-order chi connectivity index (χ0) is 21.7. The number of rotatable bonds is 3. The van der Waals surface area contributed by atoms with E-state index in [1.54, 1.807) is 40.5 Å². The molecule has 0 bridgehead atoms. The maximum atomic E-state index is 12.8. The number of benzene rings is 2. The second kappa shape index (κ2) is 7.46. The van der Waals surface area contributed by atoms with Crippen LogP contribution in [0.1, 0.15) is 31.8 Å². The molecule has 0 atom stereocenters. The van der Waals surface area contributed by atoms with E-state index in [9.17, 15) is 14.4 Å². The van der Waals surface area contributed by atoms with E-state index in [1.807, 2.05) is 0 Å². The van der Waals surface area contributed by atoms with Crippen LogP contribution in [0.4, 0.5) is 5.13 Å². The number of fused-ring (bicyclic) bond motifs is 2. The summed E-state index contributed by atoms with van der Waals surface area (Å²) in [6, 6.07) is 10.9. The number of piperazine rings is 1. The molecule has 1 saturated heterocycles. The van der Waals surface area contributed by atoms with Gasteiger partial charge in [0.25, 0.3) is 11.8 Å². The molecule has 0 spiro atoms. The van der Waals surface area contributed by atoms with Crippen molar-refractivity contribution in [3.8, 4) is 0 Å². The summed E-state index contributed by atoms with van der Waals surface area (Å²) >= 11 is 1.67. The molecule has 0 radical (unpaired) electrons. The first-order chi connectivity index (χ1) is 14.9. The van der Waals surface area contributed by atoms with Gasteiger partial charge in [-0.15, -0.1) is 0 Å². The van der Waals surface area contributed by atoms with Crippen LogP contribution < -0.4 is 4.90 Å². The van der Waals surface area contributed by atoms with Gasteiger partial charge in [-0.05, 0) is 43.2 Å². The number of hydrogen-bond donors (Lipinski definition) is 0. The van der Waals surface area contributed by atoms with Crippen LogP contribution >= 0.6 is 11.3 Å². The van der Waals surface area contributed by atoms with Crippen molar-refractivity contribution in [3.63, 3.8) is 0 Å². The lowest BCUT2D eigenvalue weighted by molar-refractivity contribution is -0.131. The van der Waals surface area contributed by atoms with Crippen LogP contribution in [0.5, 0.6) is 0 Å². The number of carbonyl (C=O) groups excluding carboxylic acids is 3. The molecule has 2 aliphatic rings. The number of imide groups is 1. The van der Waals surface area contributed by atoms with Crippen molar-refractivity contribution in [2.45, 2.75) is 13.8 Å². The molecule has 8 heteroatoms. The highest BCUT2D eigenvalue weighted by atomic mass is 32.1. The monoisotopic (exact) mass is 434 g/mol. The van der Waals surface area contributed by atoms with Gasteiger partial charge in [-0.1, -0.05) is 29.5 Å². The zero-order valence-electron chi connectivity index (χ0n) is 17.4. The van der Waals surface area contributed by atoms with Crippen molar-refractivity contribution >= 4 is 44.4 Å². The standard InChI is InChI=1S/C23H22N4O3S/c1-14-7-8-18-20(15(14)2)24-23(31-18)26-11-9-25(10-12-26)19(28)13-27-21(29)16-5-3-4-6-17(16)22(27)30/h3-8H,9-13H2,1-2H3. The molecule has 158 valence electrons. The second-order valence-corrected chi connectivity index (χ2v) is 8.97. The Balaban J connectivity index is 1.24. The third kappa shape index (κ3) is 3.27. The largest absolute Gasteiger partial charge is 0.345 e. The van der Waals surface area contributed by atoms with E-state index in [-0.39, 0.29) is 12.5 Å². The number of aromatic nitrogens is 1. The minimum absolute atomic E-state index is 0.204. The number of thiazole rings is 1. The Bertz CT molecular complexity index is 1190. The van der Waals surface area contributed by atoms with E-state index in [0.717, 1.165) is 15.5 Å². The Morgan fingerprint density at radius 1 is 0.968 bits per heavy atom. The normalized spacial score (nSPS) is 16.4. The van der Waals surface area contributed by atoms with Gasteiger partial charge in [0.05, 0.1) is 21.3 Å². The fourth-order valence-corrected chi connectivity index (χ4v) is 5.19.